The smallest absolute Gasteiger partial charge is 0.313 e. The summed E-state index contributed by atoms with van der Waals surface area (Å²) in [5.41, 5.74) is 6.69. The Morgan fingerprint density at radius 3 is 2.39 bits per heavy atom. The summed E-state index contributed by atoms with van der Waals surface area (Å²) < 4.78 is 0. The van der Waals surface area contributed by atoms with Gasteiger partial charge in [-0.3, -0.25) is 14.5 Å². The van der Waals surface area contributed by atoms with Crippen molar-refractivity contribution in [3.05, 3.63) is 58.7 Å². The Morgan fingerprint density at radius 2 is 1.67 bits per heavy atom. The topological polar surface area (TPSA) is 67.9 Å². The van der Waals surface area contributed by atoms with Crippen molar-refractivity contribution in [1.29, 1.82) is 0 Å². The van der Waals surface area contributed by atoms with Gasteiger partial charge in [0.1, 0.15) is 0 Å². The highest BCUT2D eigenvalue weighted by molar-refractivity contribution is 6.39. The van der Waals surface area contributed by atoms with E-state index >= 15 is 0 Å². The third-order valence-corrected chi connectivity index (χ3v) is 7.02. The first-order valence-electron chi connectivity index (χ1n) is 11.7. The Bertz CT molecular complexity index is 1030. The number of likely N-dealkylation sites (N-methyl/N-ethyl adjacent to an activating group) is 2. The molecule has 7 heteroatoms. The standard InChI is InChI=1S/C26H35N5O2/c1-18-5-7-22(15-19(18)2)28-26(33)25(32)27-17-24(31-13-11-29(3)12-14-31)20-6-8-23-21(16-20)9-10-30(23)4/h5-8,15-16,24H,9-14,17H2,1-4H3,(H,27,32)(H,28,33)/t24-/m0/s1. The fourth-order valence-corrected chi connectivity index (χ4v) is 4.66. The third-order valence-electron chi connectivity index (χ3n) is 7.02. The largest absolute Gasteiger partial charge is 0.374 e. The number of rotatable bonds is 5. The van der Waals surface area contributed by atoms with E-state index in [9.17, 15) is 9.59 Å². The summed E-state index contributed by atoms with van der Waals surface area (Å²) >= 11 is 0. The number of aryl methyl sites for hydroxylation is 2. The van der Waals surface area contributed by atoms with Crippen molar-refractivity contribution in [3.8, 4) is 0 Å². The number of nitrogens with one attached hydrogen (secondary N) is 2. The number of carbonyl (C=O) groups is 2. The first kappa shape index (κ1) is 23.3. The third kappa shape index (κ3) is 5.37. The molecule has 176 valence electrons. The van der Waals surface area contributed by atoms with Gasteiger partial charge in [0.2, 0.25) is 0 Å². The molecule has 2 N–H and O–H groups in total. The molecule has 2 aliphatic rings. The lowest BCUT2D eigenvalue weighted by atomic mass is 10.00. The van der Waals surface area contributed by atoms with Crippen LogP contribution < -0.4 is 15.5 Å². The molecule has 2 aromatic rings. The number of anilines is 2. The highest BCUT2D eigenvalue weighted by Crippen LogP contribution is 2.31. The second-order valence-electron chi connectivity index (χ2n) is 9.38. The number of fused-ring (bicyclic) bond motifs is 1. The molecule has 0 aliphatic carbocycles. The zero-order chi connectivity index (χ0) is 23.5. The van der Waals surface area contributed by atoms with Gasteiger partial charge in [-0.2, -0.15) is 0 Å². The maximum Gasteiger partial charge on any atom is 0.313 e. The van der Waals surface area contributed by atoms with E-state index in [2.05, 4.69) is 57.6 Å². The van der Waals surface area contributed by atoms with Crippen molar-refractivity contribution in [2.24, 2.45) is 0 Å². The number of nitrogens with zero attached hydrogens (tertiary/aromatic N) is 3. The van der Waals surface area contributed by atoms with Gasteiger partial charge in [0, 0.05) is 57.7 Å². The van der Waals surface area contributed by atoms with E-state index in [1.165, 1.54) is 16.8 Å². The number of hydrogen-bond acceptors (Lipinski definition) is 5. The van der Waals surface area contributed by atoms with Gasteiger partial charge in [0.05, 0.1) is 6.04 Å². The van der Waals surface area contributed by atoms with Gasteiger partial charge in [-0.25, -0.2) is 0 Å². The van der Waals surface area contributed by atoms with Crippen molar-refractivity contribution in [2.45, 2.75) is 26.3 Å². The Balaban J connectivity index is 1.45. The van der Waals surface area contributed by atoms with Gasteiger partial charge in [-0.15, -0.1) is 0 Å². The normalized spacial score (nSPS) is 17.5. The van der Waals surface area contributed by atoms with Crippen LogP contribution >= 0.6 is 0 Å². The number of amides is 2. The van der Waals surface area contributed by atoms with Gasteiger partial charge in [0.15, 0.2) is 0 Å². The molecular formula is C26H35N5O2. The van der Waals surface area contributed by atoms with Gasteiger partial charge < -0.3 is 20.4 Å². The summed E-state index contributed by atoms with van der Waals surface area (Å²) in [6.07, 6.45) is 1.04. The van der Waals surface area contributed by atoms with Gasteiger partial charge in [0.25, 0.3) is 0 Å². The highest BCUT2D eigenvalue weighted by atomic mass is 16.2. The summed E-state index contributed by atoms with van der Waals surface area (Å²) in [6.45, 7) is 9.29. The molecular weight excluding hydrogens is 414 g/mol. The summed E-state index contributed by atoms with van der Waals surface area (Å²) in [4.78, 5) is 32.2. The minimum Gasteiger partial charge on any atom is -0.374 e. The predicted octanol–water partition coefficient (Wildman–Crippen LogP) is 2.34. The summed E-state index contributed by atoms with van der Waals surface area (Å²) in [5, 5.41) is 5.62. The van der Waals surface area contributed by atoms with Crippen LogP contribution in [-0.4, -0.2) is 75.0 Å². The maximum absolute atomic E-state index is 12.6. The van der Waals surface area contributed by atoms with Crippen LogP contribution in [0.5, 0.6) is 0 Å². The van der Waals surface area contributed by atoms with Crippen LogP contribution in [0.15, 0.2) is 36.4 Å². The number of piperazine rings is 1. The molecule has 2 heterocycles. The van der Waals surface area contributed by atoms with Crippen molar-refractivity contribution in [2.75, 3.05) is 63.6 Å². The molecule has 2 aromatic carbocycles. The van der Waals surface area contributed by atoms with Crippen molar-refractivity contribution >= 4 is 23.2 Å². The zero-order valence-electron chi connectivity index (χ0n) is 20.1. The highest BCUT2D eigenvalue weighted by Gasteiger charge is 2.27. The summed E-state index contributed by atoms with van der Waals surface area (Å²) in [5.74, 6) is -1.24. The Morgan fingerprint density at radius 1 is 0.909 bits per heavy atom. The van der Waals surface area contributed by atoms with Crippen molar-refractivity contribution < 1.29 is 9.59 Å². The van der Waals surface area contributed by atoms with E-state index in [1.807, 2.05) is 32.0 Å². The first-order valence-corrected chi connectivity index (χ1v) is 11.7. The van der Waals surface area contributed by atoms with Crippen LogP contribution in [0.2, 0.25) is 0 Å². The molecule has 1 fully saturated rings. The molecule has 0 bridgehead atoms. The average molecular weight is 450 g/mol. The molecule has 0 saturated carbocycles. The number of benzene rings is 2. The lowest BCUT2D eigenvalue weighted by Gasteiger charge is -2.38. The molecule has 1 saturated heterocycles. The lowest BCUT2D eigenvalue weighted by Crippen LogP contribution is -2.49. The number of carbonyl (C=O) groups excluding carboxylic acids is 2. The van der Waals surface area contributed by atoms with E-state index in [4.69, 9.17) is 0 Å². The van der Waals surface area contributed by atoms with Crippen LogP contribution in [0.1, 0.15) is 28.3 Å². The van der Waals surface area contributed by atoms with Crippen molar-refractivity contribution in [3.63, 3.8) is 0 Å². The number of hydrogen-bond donors (Lipinski definition) is 2. The molecule has 4 rings (SSSR count). The average Bonchev–Trinajstić information content (AvgIpc) is 3.17. The van der Waals surface area contributed by atoms with E-state index in [-0.39, 0.29) is 6.04 Å². The summed E-state index contributed by atoms with van der Waals surface area (Å²) in [7, 11) is 4.26. The minimum absolute atomic E-state index is 0.0354. The second-order valence-corrected chi connectivity index (χ2v) is 9.38. The fourth-order valence-electron chi connectivity index (χ4n) is 4.66. The van der Waals surface area contributed by atoms with Crippen LogP contribution in [0, 0.1) is 13.8 Å². The quantitative estimate of drug-likeness (QED) is 0.686. The van der Waals surface area contributed by atoms with Gasteiger partial charge in [-0.05, 0) is 67.8 Å². The van der Waals surface area contributed by atoms with Crippen LogP contribution in [-0.2, 0) is 16.0 Å². The zero-order valence-corrected chi connectivity index (χ0v) is 20.1. The van der Waals surface area contributed by atoms with E-state index in [0.717, 1.165) is 50.3 Å². The Labute approximate surface area is 196 Å². The first-order chi connectivity index (χ1) is 15.8. The molecule has 0 spiro atoms. The van der Waals surface area contributed by atoms with E-state index in [0.29, 0.717) is 12.2 Å². The SMILES string of the molecule is Cc1ccc(NC(=O)C(=O)NC[C@@H](c2ccc3c(c2)CCN3C)N2CCN(C)CC2)cc1C. The molecule has 7 nitrogen and oxygen atoms in total. The fraction of sp³-hybridized carbons (Fsp3) is 0.462. The van der Waals surface area contributed by atoms with Crippen LogP contribution in [0.4, 0.5) is 11.4 Å². The molecule has 0 aromatic heterocycles. The predicted molar refractivity (Wildman–Crippen MR) is 133 cm³/mol. The van der Waals surface area contributed by atoms with E-state index in [1.54, 1.807) is 0 Å². The van der Waals surface area contributed by atoms with Gasteiger partial charge in [-0.1, -0.05) is 18.2 Å². The molecule has 2 amide bonds. The second kappa shape index (κ2) is 9.93. The van der Waals surface area contributed by atoms with Crippen molar-refractivity contribution in [1.82, 2.24) is 15.1 Å². The molecule has 1 atom stereocenters. The Kier molecular flexibility index (Phi) is 7.00. The molecule has 0 unspecified atom stereocenters. The van der Waals surface area contributed by atoms with Gasteiger partial charge >= 0.3 is 11.8 Å². The van der Waals surface area contributed by atoms with E-state index < -0.39 is 11.8 Å². The summed E-state index contributed by atoms with van der Waals surface area (Å²) in [6, 6.07) is 12.3. The maximum atomic E-state index is 12.6. The molecule has 0 radical (unpaired) electrons. The monoisotopic (exact) mass is 449 g/mol. The van der Waals surface area contributed by atoms with Crippen LogP contribution in [0.3, 0.4) is 0 Å². The van der Waals surface area contributed by atoms with Crippen LogP contribution in [0.25, 0.3) is 0 Å². The Hall–Kier alpha value is -2.90. The lowest BCUT2D eigenvalue weighted by molar-refractivity contribution is -0.136. The molecule has 33 heavy (non-hydrogen) atoms. The minimum atomic E-state index is -0.633. The molecule has 2 aliphatic heterocycles.